The summed E-state index contributed by atoms with van der Waals surface area (Å²) in [5, 5.41) is 11.4. The van der Waals surface area contributed by atoms with Crippen LogP contribution in [-0.4, -0.2) is 73.0 Å². The molecule has 2 amide bonds. The van der Waals surface area contributed by atoms with E-state index in [2.05, 4.69) is 38.6 Å². The number of rotatable bonds is 7. The maximum atomic E-state index is 12.8. The van der Waals surface area contributed by atoms with Gasteiger partial charge in [-0.15, -0.1) is 0 Å². The number of piperazine rings is 1. The Kier molecular flexibility index (Phi) is 7.95. The molecule has 0 bridgehead atoms. The Hall–Kier alpha value is -3.75. The van der Waals surface area contributed by atoms with Crippen molar-refractivity contribution in [3.63, 3.8) is 0 Å². The van der Waals surface area contributed by atoms with E-state index in [0.717, 1.165) is 52.0 Å². The van der Waals surface area contributed by atoms with E-state index in [1.807, 2.05) is 32.9 Å². The van der Waals surface area contributed by atoms with Crippen molar-refractivity contribution in [3.8, 4) is 16.9 Å². The minimum absolute atomic E-state index is 0.140. The fraction of sp³-hybridized carbons (Fsp3) is 0.500. The van der Waals surface area contributed by atoms with Crippen LogP contribution in [0.25, 0.3) is 22.0 Å². The molecule has 5 rings (SSSR count). The number of carbonyl (C=O) groups is 2. The van der Waals surface area contributed by atoms with Gasteiger partial charge in [0, 0.05) is 38.9 Å². The third-order valence-electron chi connectivity index (χ3n) is 7.62. The molecule has 9 heteroatoms. The summed E-state index contributed by atoms with van der Waals surface area (Å²) in [6, 6.07) is 10.1. The highest BCUT2D eigenvalue weighted by molar-refractivity contribution is 6.01. The minimum Gasteiger partial charge on any atom is -0.490 e. The molecule has 39 heavy (non-hydrogen) atoms. The summed E-state index contributed by atoms with van der Waals surface area (Å²) in [4.78, 5) is 29.2. The van der Waals surface area contributed by atoms with Gasteiger partial charge in [0.05, 0.1) is 34.9 Å². The van der Waals surface area contributed by atoms with Gasteiger partial charge in [-0.3, -0.25) is 9.89 Å². The second kappa shape index (κ2) is 11.6. The van der Waals surface area contributed by atoms with Gasteiger partial charge in [0.1, 0.15) is 5.75 Å². The maximum Gasteiger partial charge on any atom is 0.409 e. The van der Waals surface area contributed by atoms with E-state index in [0.29, 0.717) is 44.3 Å². The lowest BCUT2D eigenvalue weighted by atomic mass is 9.99. The van der Waals surface area contributed by atoms with Crippen molar-refractivity contribution in [2.45, 2.75) is 52.6 Å². The molecule has 2 fully saturated rings. The number of benzene rings is 2. The Morgan fingerprint density at radius 3 is 2.51 bits per heavy atom. The standard InChI is InChI=1S/C30H39N5O4/c1-19(2)18-38-30(37)35-13-11-34(12-14-35)26-16-21(9-10-24(26)29(36)31-4)22-15-25-28(20(3)32-33-25)27(17-22)39-23-7-5-6-8-23/h9-10,15-17,19,23H,5-8,11-14,18H2,1-4H3,(H,31,36)(H,32,33). The van der Waals surface area contributed by atoms with Crippen molar-refractivity contribution < 1.29 is 19.1 Å². The van der Waals surface area contributed by atoms with Crippen molar-refractivity contribution in [3.05, 3.63) is 41.6 Å². The van der Waals surface area contributed by atoms with E-state index in [9.17, 15) is 9.59 Å². The molecule has 0 radical (unpaired) electrons. The highest BCUT2D eigenvalue weighted by Gasteiger charge is 2.26. The summed E-state index contributed by atoms with van der Waals surface area (Å²) < 4.78 is 11.9. The fourth-order valence-corrected chi connectivity index (χ4v) is 5.47. The first-order chi connectivity index (χ1) is 18.8. The number of anilines is 1. The highest BCUT2D eigenvalue weighted by atomic mass is 16.6. The van der Waals surface area contributed by atoms with Crippen molar-refractivity contribution >= 4 is 28.6 Å². The molecule has 2 aliphatic rings. The number of fused-ring (bicyclic) bond motifs is 1. The number of amides is 2. The Bertz CT molecular complexity index is 1340. The van der Waals surface area contributed by atoms with Gasteiger partial charge < -0.3 is 24.6 Å². The van der Waals surface area contributed by atoms with Crippen molar-refractivity contribution in [2.75, 3.05) is 44.7 Å². The van der Waals surface area contributed by atoms with E-state index in [4.69, 9.17) is 9.47 Å². The molecule has 2 heterocycles. The lowest BCUT2D eigenvalue weighted by molar-refractivity contribution is 0.0898. The summed E-state index contributed by atoms with van der Waals surface area (Å²) in [5.74, 6) is 1.01. The summed E-state index contributed by atoms with van der Waals surface area (Å²) >= 11 is 0. The highest BCUT2D eigenvalue weighted by Crippen LogP contribution is 2.37. The zero-order valence-corrected chi connectivity index (χ0v) is 23.4. The van der Waals surface area contributed by atoms with Crippen LogP contribution in [-0.2, 0) is 4.74 Å². The average Bonchev–Trinajstić information content (AvgIpc) is 3.60. The van der Waals surface area contributed by atoms with Crippen LogP contribution in [0.4, 0.5) is 10.5 Å². The molecule has 2 N–H and O–H groups in total. The van der Waals surface area contributed by atoms with Gasteiger partial charge in [0.15, 0.2) is 0 Å². The van der Waals surface area contributed by atoms with Crippen LogP contribution in [0, 0.1) is 12.8 Å². The van der Waals surface area contributed by atoms with Crippen LogP contribution in [0.2, 0.25) is 0 Å². The summed E-state index contributed by atoms with van der Waals surface area (Å²) in [7, 11) is 1.64. The van der Waals surface area contributed by atoms with E-state index < -0.39 is 0 Å². The predicted octanol–water partition coefficient (Wildman–Crippen LogP) is 5.13. The molecule has 2 aromatic carbocycles. The van der Waals surface area contributed by atoms with Crippen LogP contribution in [0.15, 0.2) is 30.3 Å². The molecule has 9 nitrogen and oxygen atoms in total. The quantitative estimate of drug-likeness (QED) is 0.437. The molecule has 208 valence electrons. The van der Waals surface area contributed by atoms with Gasteiger partial charge in [-0.25, -0.2) is 4.79 Å². The first-order valence-corrected chi connectivity index (χ1v) is 14.0. The third-order valence-corrected chi connectivity index (χ3v) is 7.62. The SMILES string of the molecule is CNC(=O)c1ccc(-c2cc(OC3CCCC3)c3c(C)[nH]nc3c2)cc1N1CCN(C(=O)OCC(C)C)CC1. The van der Waals surface area contributed by atoms with Crippen molar-refractivity contribution in [1.82, 2.24) is 20.4 Å². The third kappa shape index (κ3) is 5.82. The van der Waals surface area contributed by atoms with Crippen molar-refractivity contribution in [1.29, 1.82) is 0 Å². The first-order valence-electron chi connectivity index (χ1n) is 14.0. The number of nitrogens with one attached hydrogen (secondary N) is 2. The first kappa shape index (κ1) is 26.8. The molecule has 1 aliphatic heterocycles. The Labute approximate surface area is 229 Å². The summed E-state index contributed by atoms with van der Waals surface area (Å²) in [6.07, 6.45) is 4.50. The smallest absolute Gasteiger partial charge is 0.409 e. The van der Waals surface area contributed by atoms with Crippen LogP contribution in [0.5, 0.6) is 5.75 Å². The number of hydrogen-bond acceptors (Lipinski definition) is 6. The zero-order valence-electron chi connectivity index (χ0n) is 23.4. The topological polar surface area (TPSA) is 99.8 Å². The average molecular weight is 534 g/mol. The van der Waals surface area contributed by atoms with Crippen LogP contribution < -0.4 is 15.0 Å². The Morgan fingerprint density at radius 2 is 1.82 bits per heavy atom. The number of nitrogens with zero attached hydrogens (tertiary/aromatic N) is 3. The number of aromatic nitrogens is 2. The summed E-state index contributed by atoms with van der Waals surface area (Å²) in [6.45, 7) is 8.76. The normalized spacial score (nSPS) is 16.2. The van der Waals surface area contributed by atoms with Gasteiger partial charge in [-0.2, -0.15) is 5.10 Å². The van der Waals surface area contributed by atoms with E-state index >= 15 is 0 Å². The minimum atomic E-state index is -0.277. The monoisotopic (exact) mass is 533 g/mol. The van der Waals surface area contributed by atoms with Gasteiger partial charge in [0.2, 0.25) is 0 Å². The molecular weight excluding hydrogens is 494 g/mol. The van der Waals surface area contributed by atoms with E-state index in [-0.39, 0.29) is 18.1 Å². The molecule has 0 atom stereocenters. The zero-order chi connectivity index (χ0) is 27.5. The molecule has 1 saturated carbocycles. The number of H-pyrrole nitrogens is 1. The number of carbonyl (C=O) groups excluding carboxylic acids is 2. The molecule has 3 aromatic rings. The molecular formula is C30H39N5O4. The van der Waals surface area contributed by atoms with Gasteiger partial charge in [-0.1, -0.05) is 19.9 Å². The summed E-state index contributed by atoms with van der Waals surface area (Å²) in [5.41, 5.74) is 5.28. The second-order valence-electron chi connectivity index (χ2n) is 11.0. The number of aryl methyl sites for hydroxylation is 1. The molecule has 1 aromatic heterocycles. The lowest BCUT2D eigenvalue weighted by Gasteiger charge is -2.36. The van der Waals surface area contributed by atoms with Crippen LogP contribution in [0.1, 0.15) is 55.6 Å². The number of aromatic amines is 1. The predicted molar refractivity (Wildman–Crippen MR) is 153 cm³/mol. The van der Waals surface area contributed by atoms with Gasteiger partial charge in [0.25, 0.3) is 5.91 Å². The Morgan fingerprint density at radius 1 is 1.08 bits per heavy atom. The molecule has 1 aliphatic carbocycles. The van der Waals surface area contributed by atoms with E-state index in [1.54, 1.807) is 11.9 Å². The van der Waals surface area contributed by atoms with Gasteiger partial charge in [-0.05, 0) is 73.9 Å². The molecule has 0 spiro atoms. The number of ether oxygens (including phenoxy) is 2. The van der Waals surface area contributed by atoms with Crippen LogP contribution in [0.3, 0.4) is 0 Å². The van der Waals surface area contributed by atoms with Gasteiger partial charge >= 0.3 is 6.09 Å². The van der Waals surface area contributed by atoms with Crippen LogP contribution >= 0.6 is 0 Å². The maximum absolute atomic E-state index is 12.8. The number of hydrogen-bond donors (Lipinski definition) is 2. The largest absolute Gasteiger partial charge is 0.490 e. The lowest BCUT2D eigenvalue weighted by Crippen LogP contribution is -2.49. The second-order valence-corrected chi connectivity index (χ2v) is 11.0. The molecule has 0 unspecified atom stereocenters. The van der Waals surface area contributed by atoms with E-state index in [1.165, 1.54) is 12.8 Å². The molecule has 1 saturated heterocycles. The fourth-order valence-electron chi connectivity index (χ4n) is 5.47. The van der Waals surface area contributed by atoms with Crippen molar-refractivity contribution in [2.24, 2.45) is 5.92 Å². The Balaban J connectivity index is 1.44.